The Morgan fingerprint density at radius 1 is 1.56 bits per heavy atom. The van der Waals surface area contributed by atoms with E-state index in [1.807, 2.05) is 0 Å². The summed E-state index contributed by atoms with van der Waals surface area (Å²) in [5.41, 5.74) is 12.1. The Morgan fingerprint density at radius 2 is 2.28 bits per heavy atom. The molecule has 1 aromatic rings. The number of nitrogen functional groups attached to an aromatic ring is 1. The first-order valence-corrected chi connectivity index (χ1v) is 6.35. The van der Waals surface area contributed by atoms with Crippen LogP contribution in [-0.4, -0.2) is 17.4 Å². The van der Waals surface area contributed by atoms with Crippen LogP contribution in [0.5, 0.6) is 0 Å². The molecular formula is C13H20N4O. The SMILES string of the molecule is CCC1(CNc2ncc(N)cc2C(N)=O)CCC1. The zero-order valence-corrected chi connectivity index (χ0v) is 10.7. The summed E-state index contributed by atoms with van der Waals surface area (Å²) in [6, 6.07) is 1.57. The maximum absolute atomic E-state index is 11.3. The molecule has 1 aliphatic rings. The molecule has 98 valence electrons. The number of pyridine rings is 1. The lowest BCUT2D eigenvalue weighted by Crippen LogP contribution is -2.36. The first-order valence-electron chi connectivity index (χ1n) is 6.35. The van der Waals surface area contributed by atoms with Gasteiger partial charge in [0.1, 0.15) is 5.82 Å². The molecule has 5 heteroatoms. The molecule has 0 aromatic carbocycles. The molecule has 1 aromatic heterocycles. The molecule has 18 heavy (non-hydrogen) atoms. The van der Waals surface area contributed by atoms with Gasteiger partial charge in [0, 0.05) is 6.54 Å². The van der Waals surface area contributed by atoms with Crippen molar-refractivity contribution in [2.24, 2.45) is 11.1 Å². The predicted molar refractivity (Wildman–Crippen MR) is 72.2 cm³/mol. The number of hydrogen-bond acceptors (Lipinski definition) is 4. The van der Waals surface area contributed by atoms with Crippen molar-refractivity contribution in [1.29, 1.82) is 0 Å². The molecule has 0 spiro atoms. The van der Waals surface area contributed by atoms with Crippen LogP contribution in [0.15, 0.2) is 12.3 Å². The van der Waals surface area contributed by atoms with Gasteiger partial charge in [-0.3, -0.25) is 4.79 Å². The van der Waals surface area contributed by atoms with Crippen molar-refractivity contribution in [1.82, 2.24) is 4.98 Å². The van der Waals surface area contributed by atoms with Gasteiger partial charge in [0.15, 0.2) is 0 Å². The summed E-state index contributed by atoms with van der Waals surface area (Å²) in [7, 11) is 0. The van der Waals surface area contributed by atoms with E-state index in [2.05, 4.69) is 17.2 Å². The topological polar surface area (TPSA) is 94.0 Å². The molecule has 0 aliphatic heterocycles. The smallest absolute Gasteiger partial charge is 0.252 e. The normalized spacial score (nSPS) is 16.9. The molecule has 1 saturated carbocycles. The molecule has 5 N–H and O–H groups in total. The number of carbonyl (C=O) groups excluding carboxylic acids is 1. The second-order valence-corrected chi connectivity index (χ2v) is 5.09. The van der Waals surface area contributed by atoms with Crippen molar-refractivity contribution < 1.29 is 4.79 Å². The van der Waals surface area contributed by atoms with Gasteiger partial charge < -0.3 is 16.8 Å². The largest absolute Gasteiger partial charge is 0.397 e. The number of nitrogens with two attached hydrogens (primary N) is 2. The van der Waals surface area contributed by atoms with Crippen LogP contribution in [0, 0.1) is 5.41 Å². The minimum atomic E-state index is -0.503. The highest BCUT2D eigenvalue weighted by Gasteiger charge is 2.35. The average Bonchev–Trinajstić information content (AvgIpc) is 2.29. The second kappa shape index (κ2) is 4.84. The Morgan fingerprint density at radius 3 is 2.78 bits per heavy atom. The van der Waals surface area contributed by atoms with Gasteiger partial charge in [-0.05, 0) is 30.7 Å². The first kappa shape index (κ1) is 12.7. The van der Waals surface area contributed by atoms with E-state index in [1.165, 1.54) is 25.5 Å². The number of anilines is 2. The van der Waals surface area contributed by atoms with E-state index in [0.29, 0.717) is 22.5 Å². The molecule has 1 aliphatic carbocycles. The number of rotatable bonds is 5. The van der Waals surface area contributed by atoms with Gasteiger partial charge in [-0.2, -0.15) is 0 Å². The highest BCUT2D eigenvalue weighted by molar-refractivity contribution is 5.98. The van der Waals surface area contributed by atoms with Crippen LogP contribution in [0.1, 0.15) is 43.0 Å². The molecule has 0 atom stereocenters. The van der Waals surface area contributed by atoms with Crippen LogP contribution < -0.4 is 16.8 Å². The number of nitrogens with zero attached hydrogens (tertiary/aromatic N) is 1. The van der Waals surface area contributed by atoms with Crippen molar-refractivity contribution in [2.45, 2.75) is 32.6 Å². The van der Waals surface area contributed by atoms with E-state index in [-0.39, 0.29) is 0 Å². The molecule has 5 nitrogen and oxygen atoms in total. The van der Waals surface area contributed by atoms with E-state index in [4.69, 9.17) is 11.5 Å². The summed E-state index contributed by atoms with van der Waals surface area (Å²) in [4.78, 5) is 15.5. The third-order valence-corrected chi connectivity index (χ3v) is 3.97. The Labute approximate surface area is 107 Å². The van der Waals surface area contributed by atoms with Crippen LogP contribution in [0.4, 0.5) is 11.5 Å². The Bertz CT molecular complexity index is 449. The molecule has 0 unspecified atom stereocenters. The molecular weight excluding hydrogens is 228 g/mol. The van der Waals surface area contributed by atoms with Gasteiger partial charge in [-0.1, -0.05) is 13.3 Å². The number of amides is 1. The van der Waals surface area contributed by atoms with Gasteiger partial charge in [0.05, 0.1) is 17.4 Å². The lowest BCUT2D eigenvalue weighted by molar-refractivity contribution is 0.100. The summed E-state index contributed by atoms with van der Waals surface area (Å²) in [5.74, 6) is 0.0351. The Hall–Kier alpha value is -1.78. The second-order valence-electron chi connectivity index (χ2n) is 5.09. The molecule has 0 radical (unpaired) electrons. The van der Waals surface area contributed by atoms with Gasteiger partial charge in [0.25, 0.3) is 5.91 Å². The van der Waals surface area contributed by atoms with Gasteiger partial charge >= 0.3 is 0 Å². The lowest BCUT2D eigenvalue weighted by Gasteiger charge is -2.41. The number of carbonyl (C=O) groups is 1. The highest BCUT2D eigenvalue weighted by Crippen LogP contribution is 2.43. The molecule has 1 fully saturated rings. The summed E-state index contributed by atoms with van der Waals surface area (Å²) in [6.07, 6.45) is 6.43. The zero-order chi connectivity index (χ0) is 13.2. The standard InChI is InChI=1S/C13H20N4O/c1-2-13(4-3-5-13)8-17-12-10(11(15)18)6-9(14)7-16-12/h6-7H,2-5,8,14H2,1H3,(H2,15,18)(H,16,17). The fraction of sp³-hybridized carbons (Fsp3) is 0.538. The fourth-order valence-corrected chi connectivity index (χ4v) is 2.41. The minimum Gasteiger partial charge on any atom is -0.397 e. The van der Waals surface area contributed by atoms with Crippen LogP contribution in [-0.2, 0) is 0 Å². The van der Waals surface area contributed by atoms with Crippen molar-refractivity contribution >= 4 is 17.4 Å². The highest BCUT2D eigenvalue weighted by atomic mass is 16.1. The third-order valence-electron chi connectivity index (χ3n) is 3.97. The fourth-order valence-electron chi connectivity index (χ4n) is 2.41. The monoisotopic (exact) mass is 248 g/mol. The van der Waals surface area contributed by atoms with E-state index >= 15 is 0 Å². The summed E-state index contributed by atoms with van der Waals surface area (Å²) >= 11 is 0. The van der Waals surface area contributed by atoms with E-state index < -0.39 is 5.91 Å². The van der Waals surface area contributed by atoms with Gasteiger partial charge in [0.2, 0.25) is 0 Å². The molecule has 0 saturated heterocycles. The van der Waals surface area contributed by atoms with Crippen LogP contribution >= 0.6 is 0 Å². The van der Waals surface area contributed by atoms with E-state index in [9.17, 15) is 4.79 Å². The summed E-state index contributed by atoms with van der Waals surface area (Å²) < 4.78 is 0. The number of hydrogen-bond donors (Lipinski definition) is 3. The number of aromatic nitrogens is 1. The maximum atomic E-state index is 11.3. The number of nitrogens with one attached hydrogen (secondary N) is 1. The Balaban J connectivity index is 2.11. The average molecular weight is 248 g/mol. The van der Waals surface area contributed by atoms with Crippen molar-refractivity contribution in [3.63, 3.8) is 0 Å². The lowest BCUT2D eigenvalue weighted by atomic mass is 9.67. The van der Waals surface area contributed by atoms with Crippen LogP contribution in [0.25, 0.3) is 0 Å². The van der Waals surface area contributed by atoms with Gasteiger partial charge in [-0.25, -0.2) is 4.98 Å². The zero-order valence-electron chi connectivity index (χ0n) is 10.7. The maximum Gasteiger partial charge on any atom is 0.252 e. The predicted octanol–water partition coefficient (Wildman–Crippen LogP) is 1.75. The molecule has 0 bridgehead atoms. The van der Waals surface area contributed by atoms with Crippen LogP contribution in [0.2, 0.25) is 0 Å². The number of primary amides is 1. The first-order chi connectivity index (χ1) is 8.56. The van der Waals surface area contributed by atoms with E-state index in [0.717, 1.165) is 13.0 Å². The van der Waals surface area contributed by atoms with Crippen molar-refractivity contribution in [3.8, 4) is 0 Å². The van der Waals surface area contributed by atoms with Crippen LogP contribution in [0.3, 0.4) is 0 Å². The molecule has 2 rings (SSSR count). The van der Waals surface area contributed by atoms with Crippen molar-refractivity contribution in [3.05, 3.63) is 17.8 Å². The third kappa shape index (κ3) is 2.39. The van der Waals surface area contributed by atoms with Crippen molar-refractivity contribution in [2.75, 3.05) is 17.6 Å². The van der Waals surface area contributed by atoms with E-state index in [1.54, 1.807) is 6.07 Å². The minimum absolute atomic E-state index is 0.359. The van der Waals surface area contributed by atoms with Gasteiger partial charge in [-0.15, -0.1) is 0 Å². The molecule has 1 heterocycles. The quantitative estimate of drug-likeness (QED) is 0.740. The molecule has 1 amide bonds. The summed E-state index contributed by atoms with van der Waals surface area (Å²) in [5, 5.41) is 3.25. The Kier molecular flexibility index (Phi) is 3.41. The summed E-state index contributed by atoms with van der Waals surface area (Å²) in [6.45, 7) is 3.03.